The van der Waals surface area contributed by atoms with E-state index in [-0.39, 0.29) is 0 Å². The van der Waals surface area contributed by atoms with Gasteiger partial charge in [-0.05, 0) is 36.0 Å². The molecule has 2 unspecified atom stereocenters. The lowest BCUT2D eigenvalue weighted by Gasteiger charge is -2.33. The number of hydrogen-bond acceptors (Lipinski definition) is 1. The maximum Gasteiger partial charge on any atom is 0.0450 e. The lowest BCUT2D eigenvalue weighted by molar-refractivity contribution is 0.326. The Morgan fingerprint density at radius 2 is 1.62 bits per heavy atom. The Bertz CT molecular complexity index is 567. The van der Waals surface area contributed by atoms with E-state index in [0.717, 1.165) is 11.6 Å². The number of hydrogen-bond donors (Lipinski definition) is 1. The predicted octanol–water partition coefficient (Wildman–Crippen LogP) is 5.16. The summed E-state index contributed by atoms with van der Waals surface area (Å²) in [5.74, 6) is 0.627. The second kappa shape index (κ2) is 7.11. The van der Waals surface area contributed by atoms with E-state index in [4.69, 9.17) is 11.6 Å². The van der Waals surface area contributed by atoms with Gasteiger partial charge in [0.05, 0.1) is 0 Å². The molecule has 0 radical (unpaired) electrons. The molecule has 0 aromatic heterocycles. The van der Waals surface area contributed by atoms with Gasteiger partial charge in [0.2, 0.25) is 0 Å². The summed E-state index contributed by atoms with van der Waals surface area (Å²) in [5, 5.41) is 4.60. The molecule has 3 rings (SSSR count). The van der Waals surface area contributed by atoms with E-state index in [9.17, 15) is 0 Å². The van der Waals surface area contributed by atoms with Gasteiger partial charge in [-0.25, -0.2) is 0 Å². The van der Waals surface area contributed by atoms with Crippen molar-refractivity contribution in [2.75, 3.05) is 0 Å². The van der Waals surface area contributed by atoms with Gasteiger partial charge >= 0.3 is 0 Å². The Balaban J connectivity index is 1.69. The minimum atomic E-state index is 0.553. The van der Waals surface area contributed by atoms with Crippen LogP contribution in [0.5, 0.6) is 0 Å². The van der Waals surface area contributed by atoms with E-state index in [1.54, 1.807) is 0 Å². The minimum Gasteiger partial charge on any atom is -0.309 e. The van der Waals surface area contributed by atoms with Crippen LogP contribution in [-0.4, -0.2) is 6.04 Å². The maximum absolute atomic E-state index is 6.26. The summed E-state index contributed by atoms with van der Waals surface area (Å²) >= 11 is 6.26. The molecule has 0 spiro atoms. The van der Waals surface area contributed by atoms with E-state index >= 15 is 0 Å². The first-order valence-corrected chi connectivity index (χ1v) is 8.24. The molecule has 2 atom stereocenters. The Morgan fingerprint density at radius 3 is 2.43 bits per heavy atom. The van der Waals surface area contributed by atoms with Crippen molar-refractivity contribution in [2.45, 2.75) is 44.2 Å². The molecule has 110 valence electrons. The van der Waals surface area contributed by atoms with Gasteiger partial charge in [0.1, 0.15) is 0 Å². The van der Waals surface area contributed by atoms with Gasteiger partial charge in [0.15, 0.2) is 0 Å². The monoisotopic (exact) mass is 299 g/mol. The highest BCUT2D eigenvalue weighted by Crippen LogP contribution is 2.33. The molecule has 0 heterocycles. The first-order valence-electron chi connectivity index (χ1n) is 7.86. The van der Waals surface area contributed by atoms with Crippen molar-refractivity contribution in [2.24, 2.45) is 0 Å². The number of nitrogens with one attached hydrogen (secondary N) is 1. The molecule has 1 N–H and O–H groups in total. The van der Waals surface area contributed by atoms with Crippen molar-refractivity contribution in [1.82, 2.24) is 5.32 Å². The molecule has 2 heteroatoms. The van der Waals surface area contributed by atoms with Crippen molar-refractivity contribution >= 4 is 11.6 Å². The van der Waals surface area contributed by atoms with Crippen LogP contribution in [0.3, 0.4) is 0 Å². The summed E-state index contributed by atoms with van der Waals surface area (Å²) in [4.78, 5) is 0. The molecule has 2 aromatic rings. The number of rotatable bonds is 4. The lowest BCUT2D eigenvalue weighted by atomic mass is 9.80. The van der Waals surface area contributed by atoms with Gasteiger partial charge < -0.3 is 5.32 Å². The molecular weight excluding hydrogens is 278 g/mol. The fourth-order valence-electron chi connectivity index (χ4n) is 3.36. The zero-order valence-corrected chi connectivity index (χ0v) is 13.0. The van der Waals surface area contributed by atoms with Crippen molar-refractivity contribution in [1.29, 1.82) is 0 Å². The minimum absolute atomic E-state index is 0.553. The van der Waals surface area contributed by atoms with Crippen LogP contribution in [0.1, 0.15) is 42.7 Å². The summed E-state index contributed by atoms with van der Waals surface area (Å²) < 4.78 is 0. The van der Waals surface area contributed by atoms with Crippen LogP contribution in [0.4, 0.5) is 0 Å². The summed E-state index contributed by atoms with van der Waals surface area (Å²) in [6.07, 6.45) is 5.20. The second-order valence-electron chi connectivity index (χ2n) is 5.88. The van der Waals surface area contributed by atoms with Gasteiger partial charge in [-0.15, -0.1) is 0 Å². The fraction of sp³-hybridized carbons (Fsp3) is 0.368. The van der Waals surface area contributed by atoms with Crippen LogP contribution in [0.25, 0.3) is 0 Å². The van der Waals surface area contributed by atoms with Crippen LogP contribution in [0, 0.1) is 0 Å². The Morgan fingerprint density at radius 1 is 0.905 bits per heavy atom. The van der Waals surface area contributed by atoms with Crippen molar-refractivity contribution < 1.29 is 0 Å². The quantitative estimate of drug-likeness (QED) is 0.822. The molecule has 1 saturated carbocycles. The molecule has 0 bridgehead atoms. The van der Waals surface area contributed by atoms with Crippen molar-refractivity contribution in [3.8, 4) is 0 Å². The standard InChI is InChI=1S/C19H22ClN/c20-18-12-6-4-10-16(18)14-21-19-13-7-5-11-17(19)15-8-2-1-3-9-15/h1-4,6,8-10,12,17,19,21H,5,7,11,13-14H2. The SMILES string of the molecule is Clc1ccccc1CNC1CCCCC1c1ccccc1. The highest BCUT2D eigenvalue weighted by Gasteiger charge is 2.25. The zero-order chi connectivity index (χ0) is 14.5. The van der Waals surface area contributed by atoms with Gasteiger partial charge in [-0.2, -0.15) is 0 Å². The maximum atomic E-state index is 6.26. The third-order valence-corrected chi connectivity index (χ3v) is 4.87. The normalized spacial score (nSPS) is 22.1. The zero-order valence-electron chi connectivity index (χ0n) is 12.3. The Hall–Kier alpha value is -1.31. The van der Waals surface area contributed by atoms with Gasteiger partial charge in [-0.1, -0.05) is 73.0 Å². The molecule has 1 fully saturated rings. The van der Waals surface area contributed by atoms with Gasteiger partial charge in [0, 0.05) is 17.6 Å². The molecule has 21 heavy (non-hydrogen) atoms. The lowest BCUT2D eigenvalue weighted by Crippen LogP contribution is -2.36. The van der Waals surface area contributed by atoms with E-state index in [0.29, 0.717) is 12.0 Å². The molecule has 1 nitrogen and oxygen atoms in total. The second-order valence-corrected chi connectivity index (χ2v) is 6.29. The first-order chi connectivity index (χ1) is 10.3. The van der Waals surface area contributed by atoms with E-state index in [1.807, 2.05) is 12.1 Å². The van der Waals surface area contributed by atoms with Crippen LogP contribution >= 0.6 is 11.6 Å². The van der Waals surface area contributed by atoms with Gasteiger partial charge in [0.25, 0.3) is 0 Å². The number of benzene rings is 2. The summed E-state index contributed by atoms with van der Waals surface area (Å²) in [6, 6.07) is 19.6. The largest absolute Gasteiger partial charge is 0.309 e. The number of halogens is 1. The average Bonchev–Trinajstić information content (AvgIpc) is 2.55. The Labute approximate surface area is 132 Å². The van der Waals surface area contributed by atoms with Crippen molar-refractivity contribution in [3.63, 3.8) is 0 Å². The third-order valence-electron chi connectivity index (χ3n) is 4.51. The highest BCUT2D eigenvalue weighted by atomic mass is 35.5. The van der Waals surface area contributed by atoms with Crippen LogP contribution in [0.15, 0.2) is 54.6 Å². The predicted molar refractivity (Wildman–Crippen MR) is 89.7 cm³/mol. The molecular formula is C19H22ClN. The topological polar surface area (TPSA) is 12.0 Å². The molecule has 0 amide bonds. The Kier molecular flexibility index (Phi) is 4.95. The third kappa shape index (κ3) is 3.66. The fourth-order valence-corrected chi connectivity index (χ4v) is 3.56. The van der Waals surface area contributed by atoms with Crippen LogP contribution in [-0.2, 0) is 6.54 Å². The molecule has 0 saturated heterocycles. The molecule has 1 aliphatic carbocycles. The first kappa shape index (κ1) is 14.6. The average molecular weight is 300 g/mol. The molecule has 2 aromatic carbocycles. The summed E-state index contributed by atoms with van der Waals surface area (Å²) in [5.41, 5.74) is 2.66. The van der Waals surface area contributed by atoms with E-state index < -0.39 is 0 Å². The summed E-state index contributed by atoms with van der Waals surface area (Å²) in [7, 11) is 0. The van der Waals surface area contributed by atoms with Crippen LogP contribution < -0.4 is 5.32 Å². The van der Waals surface area contributed by atoms with E-state index in [2.05, 4.69) is 47.8 Å². The smallest absolute Gasteiger partial charge is 0.0450 e. The molecule has 1 aliphatic rings. The van der Waals surface area contributed by atoms with Crippen LogP contribution in [0.2, 0.25) is 5.02 Å². The highest BCUT2D eigenvalue weighted by molar-refractivity contribution is 6.31. The van der Waals surface area contributed by atoms with Gasteiger partial charge in [-0.3, -0.25) is 0 Å². The van der Waals surface area contributed by atoms with Crippen molar-refractivity contribution in [3.05, 3.63) is 70.7 Å². The summed E-state index contributed by atoms with van der Waals surface area (Å²) in [6.45, 7) is 0.855. The molecule has 0 aliphatic heterocycles. The van der Waals surface area contributed by atoms with E-state index in [1.165, 1.54) is 36.8 Å².